The number of hydrogen-bond acceptors (Lipinski definition) is 4. The Labute approximate surface area is 77.1 Å². The van der Waals surface area contributed by atoms with Crippen molar-refractivity contribution in [1.29, 1.82) is 0 Å². The SMILES string of the molecule is CC1CC2CC(O1)C1OCOC1O2. The Balaban J connectivity index is 1.79. The van der Waals surface area contributed by atoms with E-state index in [0.29, 0.717) is 12.9 Å². The van der Waals surface area contributed by atoms with Gasteiger partial charge in [0.1, 0.15) is 6.10 Å². The summed E-state index contributed by atoms with van der Waals surface area (Å²) in [6.07, 6.45) is 2.51. The average Bonchev–Trinajstić information content (AvgIpc) is 2.50. The van der Waals surface area contributed by atoms with Crippen molar-refractivity contribution in [3.63, 3.8) is 0 Å². The summed E-state index contributed by atoms with van der Waals surface area (Å²) in [5.74, 6) is 0. The average molecular weight is 186 g/mol. The number of hydrogen-bond donors (Lipinski definition) is 0. The Hall–Kier alpha value is -0.160. The van der Waals surface area contributed by atoms with Crippen LogP contribution in [0.4, 0.5) is 0 Å². The molecule has 0 saturated carbocycles. The molecular formula is C9H14O4. The second-order valence-electron chi connectivity index (χ2n) is 4.00. The van der Waals surface area contributed by atoms with Gasteiger partial charge in [-0.3, -0.25) is 0 Å². The van der Waals surface area contributed by atoms with E-state index in [2.05, 4.69) is 6.92 Å². The van der Waals surface area contributed by atoms with E-state index in [1.54, 1.807) is 0 Å². The summed E-state index contributed by atoms with van der Waals surface area (Å²) in [5, 5.41) is 0. The number of fused-ring (bicyclic) bond motifs is 4. The fourth-order valence-corrected chi connectivity index (χ4v) is 2.41. The lowest BCUT2D eigenvalue weighted by atomic mass is 9.95. The van der Waals surface area contributed by atoms with Crippen molar-refractivity contribution in [2.75, 3.05) is 6.79 Å². The highest BCUT2D eigenvalue weighted by Gasteiger charge is 2.47. The van der Waals surface area contributed by atoms with Gasteiger partial charge in [0.2, 0.25) is 0 Å². The molecule has 0 aliphatic carbocycles. The lowest BCUT2D eigenvalue weighted by molar-refractivity contribution is -0.251. The van der Waals surface area contributed by atoms with Crippen LogP contribution in [0, 0.1) is 0 Å². The maximum absolute atomic E-state index is 5.79. The second-order valence-corrected chi connectivity index (χ2v) is 4.00. The zero-order valence-corrected chi connectivity index (χ0v) is 7.64. The van der Waals surface area contributed by atoms with Gasteiger partial charge in [0.15, 0.2) is 13.1 Å². The highest BCUT2D eigenvalue weighted by molar-refractivity contribution is 4.90. The second kappa shape index (κ2) is 2.92. The molecule has 4 heteroatoms. The summed E-state index contributed by atoms with van der Waals surface area (Å²) in [6.45, 7) is 2.43. The third kappa shape index (κ3) is 1.29. The molecule has 0 aromatic heterocycles. The Bertz CT molecular complexity index is 206. The minimum Gasteiger partial charge on any atom is -0.372 e. The first kappa shape index (κ1) is 8.17. The van der Waals surface area contributed by atoms with Gasteiger partial charge in [-0.25, -0.2) is 0 Å². The van der Waals surface area contributed by atoms with E-state index in [9.17, 15) is 0 Å². The molecule has 3 fully saturated rings. The van der Waals surface area contributed by atoms with Gasteiger partial charge in [0.25, 0.3) is 0 Å². The van der Waals surface area contributed by atoms with E-state index >= 15 is 0 Å². The van der Waals surface area contributed by atoms with Crippen molar-refractivity contribution >= 4 is 0 Å². The van der Waals surface area contributed by atoms with Gasteiger partial charge in [-0.1, -0.05) is 0 Å². The molecule has 0 aromatic rings. The minimum absolute atomic E-state index is 0.000926. The van der Waals surface area contributed by atoms with Crippen molar-refractivity contribution in [1.82, 2.24) is 0 Å². The van der Waals surface area contributed by atoms with Gasteiger partial charge in [-0.15, -0.1) is 0 Å². The van der Waals surface area contributed by atoms with Gasteiger partial charge in [-0.2, -0.15) is 0 Å². The van der Waals surface area contributed by atoms with Crippen LogP contribution in [-0.2, 0) is 18.9 Å². The third-order valence-electron chi connectivity index (χ3n) is 2.95. The van der Waals surface area contributed by atoms with E-state index in [0.717, 1.165) is 12.8 Å². The standard InChI is InChI=1S/C9H14O4/c1-5-2-6-3-7(12-5)8-9(13-6)11-4-10-8/h5-9H,2-4H2,1H3. The maximum atomic E-state index is 5.79. The normalized spacial score (nSPS) is 54.7. The van der Waals surface area contributed by atoms with Crippen LogP contribution in [0.5, 0.6) is 0 Å². The fraction of sp³-hybridized carbons (Fsp3) is 1.00. The van der Waals surface area contributed by atoms with E-state index < -0.39 is 0 Å². The monoisotopic (exact) mass is 186 g/mol. The Morgan fingerprint density at radius 1 is 1.08 bits per heavy atom. The Morgan fingerprint density at radius 2 is 2.00 bits per heavy atom. The summed E-state index contributed by atoms with van der Waals surface area (Å²) in [5.41, 5.74) is 0. The van der Waals surface area contributed by atoms with Crippen molar-refractivity contribution < 1.29 is 18.9 Å². The first-order valence-electron chi connectivity index (χ1n) is 4.87. The van der Waals surface area contributed by atoms with Crippen LogP contribution in [-0.4, -0.2) is 37.5 Å². The molecule has 0 N–H and O–H groups in total. The minimum atomic E-state index is -0.184. The molecule has 3 rings (SSSR count). The molecule has 13 heavy (non-hydrogen) atoms. The number of rotatable bonds is 0. The lowest BCUT2D eigenvalue weighted by Gasteiger charge is -2.42. The predicted molar refractivity (Wildman–Crippen MR) is 43.1 cm³/mol. The number of ether oxygens (including phenoxy) is 4. The van der Waals surface area contributed by atoms with Crippen molar-refractivity contribution in [2.24, 2.45) is 0 Å². The van der Waals surface area contributed by atoms with Crippen LogP contribution in [0.25, 0.3) is 0 Å². The Kier molecular flexibility index (Phi) is 1.83. The van der Waals surface area contributed by atoms with Crippen LogP contribution in [0.1, 0.15) is 19.8 Å². The van der Waals surface area contributed by atoms with Crippen molar-refractivity contribution in [3.05, 3.63) is 0 Å². The van der Waals surface area contributed by atoms with E-state index in [4.69, 9.17) is 18.9 Å². The summed E-state index contributed by atoms with van der Waals surface area (Å²) in [7, 11) is 0. The molecule has 3 heterocycles. The summed E-state index contributed by atoms with van der Waals surface area (Å²) < 4.78 is 22.2. The summed E-state index contributed by atoms with van der Waals surface area (Å²) in [4.78, 5) is 0. The molecule has 5 atom stereocenters. The molecule has 3 aliphatic rings. The summed E-state index contributed by atoms with van der Waals surface area (Å²) in [6, 6.07) is 0. The molecular weight excluding hydrogens is 172 g/mol. The largest absolute Gasteiger partial charge is 0.372 e. The molecule has 5 unspecified atom stereocenters. The Morgan fingerprint density at radius 3 is 2.92 bits per heavy atom. The molecule has 0 aromatic carbocycles. The zero-order chi connectivity index (χ0) is 8.84. The fourth-order valence-electron chi connectivity index (χ4n) is 2.41. The van der Waals surface area contributed by atoms with Crippen LogP contribution >= 0.6 is 0 Å². The smallest absolute Gasteiger partial charge is 0.189 e. The molecule has 0 amide bonds. The van der Waals surface area contributed by atoms with Gasteiger partial charge >= 0.3 is 0 Å². The highest BCUT2D eigenvalue weighted by atomic mass is 16.8. The van der Waals surface area contributed by atoms with Gasteiger partial charge in [-0.05, 0) is 13.3 Å². The highest BCUT2D eigenvalue weighted by Crippen LogP contribution is 2.35. The molecule has 0 radical (unpaired) electrons. The molecule has 0 spiro atoms. The molecule has 74 valence electrons. The summed E-state index contributed by atoms with van der Waals surface area (Å²) >= 11 is 0. The van der Waals surface area contributed by atoms with Crippen molar-refractivity contribution in [2.45, 2.75) is 50.5 Å². The van der Waals surface area contributed by atoms with E-state index in [1.165, 1.54) is 0 Å². The molecule has 3 aliphatic heterocycles. The maximum Gasteiger partial charge on any atom is 0.189 e. The zero-order valence-electron chi connectivity index (χ0n) is 7.64. The predicted octanol–water partition coefficient (Wildman–Crippen LogP) is 0.652. The van der Waals surface area contributed by atoms with E-state index in [1.807, 2.05) is 0 Å². The topological polar surface area (TPSA) is 36.9 Å². The van der Waals surface area contributed by atoms with Gasteiger partial charge in [0.05, 0.1) is 18.3 Å². The lowest BCUT2D eigenvalue weighted by Crippen LogP contribution is -2.52. The van der Waals surface area contributed by atoms with Crippen molar-refractivity contribution in [3.8, 4) is 0 Å². The van der Waals surface area contributed by atoms with E-state index in [-0.39, 0.29) is 24.6 Å². The van der Waals surface area contributed by atoms with Gasteiger partial charge in [0, 0.05) is 6.42 Å². The molecule has 3 saturated heterocycles. The first-order valence-corrected chi connectivity index (χ1v) is 4.87. The third-order valence-corrected chi connectivity index (χ3v) is 2.95. The van der Waals surface area contributed by atoms with Gasteiger partial charge < -0.3 is 18.9 Å². The van der Waals surface area contributed by atoms with Crippen LogP contribution in [0.15, 0.2) is 0 Å². The molecule has 4 nitrogen and oxygen atoms in total. The quantitative estimate of drug-likeness (QED) is 0.556. The van der Waals surface area contributed by atoms with Crippen LogP contribution in [0.3, 0.4) is 0 Å². The van der Waals surface area contributed by atoms with Crippen LogP contribution in [0.2, 0.25) is 0 Å². The first-order chi connectivity index (χ1) is 6.33. The van der Waals surface area contributed by atoms with Crippen LogP contribution < -0.4 is 0 Å². The molecule has 2 bridgehead atoms.